The van der Waals surface area contributed by atoms with Crippen LogP contribution in [0.25, 0.3) is 0 Å². The van der Waals surface area contributed by atoms with Gasteiger partial charge in [-0.05, 0) is 31.0 Å². The fourth-order valence-corrected chi connectivity index (χ4v) is 2.79. The Balaban J connectivity index is 2.33. The van der Waals surface area contributed by atoms with E-state index in [1.165, 1.54) is 0 Å². The Morgan fingerprint density at radius 2 is 2.00 bits per heavy atom. The molecule has 5 heteroatoms. The average Bonchev–Trinajstić information content (AvgIpc) is 2.85. The highest BCUT2D eigenvalue weighted by Crippen LogP contribution is 2.33. The first-order valence-electron chi connectivity index (χ1n) is 7.05. The zero-order valence-corrected chi connectivity index (χ0v) is 14.2. The molecular weight excluding hydrogens is 332 g/mol. The van der Waals surface area contributed by atoms with E-state index in [9.17, 15) is 5.11 Å². The van der Waals surface area contributed by atoms with Gasteiger partial charge in [-0.3, -0.25) is 4.68 Å². The van der Waals surface area contributed by atoms with Crippen molar-refractivity contribution in [1.29, 1.82) is 0 Å². The predicted octanol–water partition coefficient (Wildman–Crippen LogP) is 3.51. The number of aromatic nitrogens is 2. The van der Waals surface area contributed by atoms with Crippen LogP contribution in [-0.2, 0) is 18.6 Å². The van der Waals surface area contributed by atoms with Gasteiger partial charge >= 0.3 is 0 Å². The fourth-order valence-electron chi connectivity index (χ4n) is 2.53. The molecular formula is C16H21BrN2O2. The molecule has 21 heavy (non-hydrogen) atoms. The number of aliphatic hydroxyl groups is 1. The molecule has 2 rings (SSSR count). The quantitative estimate of drug-likeness (QED) is 0.865. The number of aryl methyl sites for hydroxylation is 1. The van der Waals surface area contributed by atoms with Gasteiger partial charge in [0.2, 0.25) is 0 Å². The van der Waals surface area contributed by atoms with Gasteiger partial charge in [-0.15, -0.1) is 0 Å². The molecule has 0 fully saturated rings. The van der Waals surface area contributed by atoms with Gasteiger partial charge in [0, 0.05) is 17.4 Å². The summed E-state index contributed by atoms with van der Waals surface area (Å²) in [5, 5.41) is 15.3. The lowest BCUT2D eigenvalue weighted by Gasteiger charge is -2.25. The molecule has 1 unspecified atom stereocenters. The Morgan fingerprint density at radius 3 is 2.57 bits per heavy atom. The number of hydrogen-bond donors (Lipinski definition) is 1. The minimum Gasteiger partial charge on any atom is -0.493 e. The molecule has 114 valence electrons. The van der Waals surface area contributed by atoms with Gasteiger partial charge in [0.1, 0.15) is 11.3 Å². The van der Waals surface area contributed by atoms with Crippen LogP contribution >= 0.6 is 15.9 Å². The maximum atomic E-state index is 11.0. The van der Waals surface area contributed by atoms with E-state index in [4.69, 9.17) is 4.74 Å². The fraction of sp³-hybridized carbons (Fsp3) is 0.438. The van der Waals surface area contributed by atoms with E-state index < -0.39 is 5.60 Å². The first kappa shape index (κ1) is 16.0. The molecule has 0 aliphatic rings. The zero-order chi connectivity index (χ0) is 15.5. The van der Waals surface area contributed by atoms with Crippen molar-refractivity contribution in [3.8, 4) is 5.75 Å². The molecule has 2 aromatic rings. The number of nitrogens with zero attached hydrogens (tertiary/aromatic N) is 2. The van der Waals surface area contributed by atoms with Crippen molar-refractivity contribution in [2.45, 2.75) is 38.8 Å². The van der Waals surface area contributed by atoms with E-state index in [2.05, 4.69) is 28.0 Å². The van der Waals surface area contributed by atoms with Crippen molar-refractivity contribution in [1.82, 2.24) is 9.78 Å². The molecule has 1 aromatic carbocycles. The van der Waals surface area contributed by atoms with Gasteiger partial charge in [0.15, 0.2) is 5.75 Å². The second kappa shape index (κ2) is 6.62. The van der Waals surface area contributed by atoms with Crippen molar-refractivity contribution in [3.05, 3.63) is 46.2 Å². The summed E-state index contributed by atoms with van der Waals surface area (Å²) in [7, 11) is 1.60. The molecule has 0 aliphatic carbocycles. The maximum Gasteiger partial charge on any atom is 0.162 e. The minimum atomic E-state index is -1.04. The first-order chi connectivity index (χ1) is 9.97. The van der Waals surface area contributed by atoms with Gasteiger partial charge in [-0.1, -0.05) is 35.0 Å². The summed E-state index contributed by atoms with van der Waals surface area (Å²) in [6, 6.07) is 7.97. The van der Waals surface area contributed by atoms with Gasteiger partial charge in [-0.25, -0.2) is 0 Å². The van der Waals surface area contributed by atoms with Crippen molar-refractivity contribution >= 4 is 15.9 Å². The normalized spacial score (nSPS) is 14.0. The third kappa shape index (κ3) is 3.66. The summed E-state index contributed by atoms with van der Waals surface area (Å²) in [5.74, 6) is 0.630. The highest BCUT2D eigenvalue weighted by atomic mass is 79.9. The van der Waals surface area contributed by atoms with Crippen LogP contribution in [0.1, 0.15) is 31.5 Å². The van der Waals surface area contributed by atoms with E-state index in [-0.39, 0.29) is 0 Å². The molecule has 0 amide bonds. The van der Waals surface area contributed by atoms with Gasteiger partial charge in [-0.2, -0.15) is 5.10 Å². The Hall–Kier alpha value is -1.33. The molecule has 1 heterocycles. The summed E-state index contributed by atoms with van der Waals surface area (Å²) in [6.45, 7) is 4.65. The number of ether oxygens (including phenoxy) is 1. The number of benzene rings is 1. The van der Waals surface area contributed by atoms with Crippen LogP contribution in [0.15, 0.2) is 34.9 Å². The van der Waals surface area contributed by atoms with Crippen LogP contribution < -0.4 is 4.74 Å². The Bertz CT molecular complexity index is 591. The minimum absolute atomic E-state index is 0.506. The molecule has 0 spiro atoms. The van der Waals surface area contributed by atoms with Crippen molar-refractivity contribution in [2.24, 2.45) is 0 Å². The molecule has 1 aromatic heterocycles. The van der Waals surface area contributed by atoms with Gasteiger partial charge < -0.3 is 9.84 Å². The van der Waals surface area contributed by atoms with Crippen LogP contribution in [0.3, 0.4) is 0 Å². The molecule has 0 saturated carbocycles. The summed E-state index contributed by atoms with van der Waals surface area (Å²) >= 11 is 3.42. The van der Waals surface area contributed by atoms with Crippen molar-refractivity contribution in [2.75, 3.05) is 7.11 Å². The molecule has 1 atom stereocenters. The maximum absolute atomic E-state index is 11.0. The second-order valence-corrected chi connectivity index (χ2v) is 6.28. The van der Waals surface area contributed by atoms with Crippen LogP contribution in [0.5, 0.6) is 5.75 Å². The van der Waals surface area contributed by atoms with Gasteiger partial charge in [0.25, 0.3) is 0 Å². The standard InChI is InChI=1S/C16H21BrN2O2/c1-4-9-19-15(14(21-3)11-18-19)16(2,20)10-12-5-7-13(17)8-6-12/h5-8,11,20H,4,9-10H2,1-3H3. The van der Waals surface area contributed by atoms with Crippen molar-refractivity contribution in [3.63, 3.8) is 0 Å². The molecule has 0 bridgehead atoms. The Labute approximate surface area is 133 Å². The van der Waals surface area contributed by atoms with E-state index in [1.54, 1.807) is 20.2 Å². The summed E-state index contributed by atoms with van der Waals surface area (Å²) < 4.78 is 8.22. The monoisotopic (exact) mass is 352 g/mol. The lowest BCUT2D eigenvalue weighted by Crippen LogP contribution is -2.29. The van der Waals surface area contributed by atoms with Crippen LogP contribution in [-0.4, -0.2) is 22.0 Å². The lowest BCUT2D eigenvalue weighted by molar-refractivity contribution is 0.0451. The van der Waals surface area contributed by atoms with E-state index in [1.807, 2.05) is 28.9 Å². The van der Waals surface area contributed by atoms with Crippen LogP contribution in [0.4, 0.5) is 0 Å². The third-order valence-electron chi connectivity index (χ3n) is 3.43. The second-order valence-electron chi connectivity index (χ2n) is 5.36. The Morgan fingerprint density at radius 1 is 1.33 bits per heavy atom. The summed E-state index contributed by atoms with van der Waals surface area (Å²) in [5.41, 5.74) is 0.759. The smallest absolute Gasteiger partial charge is 0.162 e. The SMILES string of the molecule is CCCn1ncc(OC)c1C(C)(O)Cc1ccc(Br)cc1. The largest absolute Gasteiger partial charge is 0.493 e. The summed E-state index contributed by atoms with van der Waals surface area (Å²) in [6.07, 6.45) is 3.12. The number of halogens is 1. The predicted molar refractivity (Wildman–Crippen MR) is 86.5 cm³/mol. The molecule has 1 N–H and O–H groups in total. The molecule has 0 saturated heterocycles. The van der Waals surface area contributed by atoms with E-state index in [0.717, 1.165) is 28.7 Å². The highest BCUT2D eigenvalue weighted by molar-refractivity contribution is 9.10. The average molecular weight is 353 g/mol. The van der Waals surface area contributed by atoms with Crippen LogP contribution in [0, 0.1) is 0 Å². The third-order valence-corrected chi connectivity index (χ3v) is 3.96. The highest BCUT2D eigenvalue weighted by Gasteiger charge is 2.31. The lowest BCUT2D eigenvalue weighted by atomic mass is 9.92. The van der Waals surface area contributed by atoms with Crippen molar-refractivity contribution < 1.29 is 9.84 Å². The summed E-state index contributed by atoms with van der Waals surface area (Å²) in [4.78, 5) is 0. The van der Waals surface area contributed by atoms with E-state index >= 15 is 0 Å². The molecule has 0 radical (unpaired) electrons. The number of hydrogen-bond acceptors (Lipinski definition) is 3. The van der Waals surface area contributed by atoms with E-state index in [0.29, 0.717) is 12.2 Å². The Kier molecular flexibility index (Phi) is 5.06. The zero-order valence-electron chi connectivity index (χ0n) is 12.6. The molecule has 0 aliphatic heterocycles. The topological polar surface area (TPSA) is 47.3 Å². The molecule has 4 nitrogen and oxygen atoms in total. The number of methoxy groups -OCH3 is 1. The van der Waals surface area contributed by atoms with Crippen LogP contribution in [0.2, 0.25) is 0 Å². The first-order valence-corrected chi connectivity index (χ1v) is 7.84. The number of rotatable bonds is 6. The van der Waals surface area contributed by atoms with Gasteiger partial charge in [0.05, 0.1) is 13.3 Å².